The smallest absolute Gasteiger partial charge is 0.262 e. The Bertz CT molecular complexity index is 2260. The van der Waals surface area contributed by atoms with Crippen LogP contribution in [0.4, 0.5) is 0 Å². The number of nitrogens with one attached hydrogen (secondary N) is 1. The maximum Gasteiger partial charge on any atom is 0.262 e. The number of carbonyl (C=O) groups is 4. The molecule has 4 fully saturated rings. The van der Waals surface area contributed by atoms with Gasteiger partial charge in [0.15, 0.2) is 0 Å². The lowest BCUT2D eigenvalue weighted by atomic mass is 9.61. The van der Waals surface area contributed by atoms with E-state index in [9.17, 15) is 19.2 Å². The Morgan fingerprint density at radius 2 is 1.47 bits per heavy atom. The number of amides is 4. The van der Waals surface area contributed by atoms with Crippen molar-refractivity contribution in [1.82, 2.24) is 20.0 Å². The molecule has 4 aromatic carbocycles. The molecule has 4 heterocycles. The van der Waals surface area contributed by atoms with Crippen LogP contribution in [0.25, 0.3) is 21.9 Å². The predicted molar refractivity (Wildman–Crippen MR) is 220 cm³/mol. The second-order valence-electron chi connectivity index (χ2n) is 17.2. The number of carbonyl (C=O) groups excluding carboxylic acids is 4. The number of imide groups is 2. The van der Waals surface area contributed by atoms with Crippen molar-refractivity contribution in [2.24, 2.45) is 11.3 Å². The van der Waals surface area contributed by atoms with Crippen molar-refractivity contribution in [3.63, 3.8) is 0 Å². The zero-order valence-electron chi connectivity index (χ0n) is 33.7. The second-order valence-corrected chi connectivity index (χ2v) is 17.2. The minimum Gasteiger partial charge on any atom is -0.496 e. The van der Waals surface area contributed by atoms with Gasteiger partial charge in [0.25, 0.3) is 11.8 Å². The molecule has 302 valence electrons. The van der Waals surface area contributed by atoms with Crippen LogP contribution in [0.2, 0.25) is 0 Å². The molecular formula is C47H52N4O7. The lowest BCUT2D eigenvalue weighted by Gasteiger charge is -2.52. The third-order valence-electron chi connectivity index (χ3n) is 13.5. The predicted octanol–water partition coefficient (Wildman–Crippen LogP) is 6.77. The van der Waals surface area contributed by atoms with Crippen molar-refractivity contribution in [1.29, 1.82) is 0 Å². The van der Waals surface area contributed by atoms with Gasteiger partial charge in [0.1, 0.15) is 23.3 Å². The van der Waals surface area contributed by atoms with Crippen LogP contribution in [0, 0.1) is 18.3 Å². The van der Waals surface area contributed by atoms with E-state index >= 15 is 0 Å². The minimum atomic E-state index is -0.977. The van der Waals surface area contributed by atoms with Crippen LogP contribution in [0.3, 0.4) is 0 Å². The van der Waals surface area contributed by atoms with E-state index in [1.807, 2.05) is 0 Å². The van der Waals surface area contributed by atoms with Gasteiger partial charge >= 0.3 is 0 Å². The fourth-order valence-electron chi connectivity index (χ4n) is 10.2. The molecule has 4 aromatic rings. The maximum absolute atomic E-state index is 13.3. The summed E-state index contributed by atoms with van der Waals surface area (Å²) in [6.45, 7) is 8.40. The molecule has 3 saturated heterocycles. The largest absolute Gasteiger partial charge is 0.496 e. The van der Waals surface area contributed by atoms with Gasteiger partial charge in [-0.2, -0.15) is 0 Å². The van der Waals surface area contributed by atoms with E-state index in [-0.39, 0.29) is 36.0 Å². The van der Waals surface area contributed by atoms with E-state index in [1.54, 1.807) is 32.4 Å². The van der Waals surface area contributed by atoms with Crippen molar-refractivity contribution in [3.8, 4) is 28.4 Å². The summed E-state index contributed by atoms with van der Waals surface area (Å²) in [5.41, 5.74) is 5.43. The van der Waals surface area contributed by atoms with Gasteiger partial charge in [-0.05, 0) is 147 Å². The molecule has 58 heavy (non-hydrogen) atoms. The van der Waals surface area contributed by atoms with Gasteiger partial charge in [-0.3, -0.25) is 34.3 Å². The fraction of sp³-hybridized carbons (Fsp3) is 0.447. The molecule has 0 bridgehead atoms. The number of fused-ring (bicyclic) bond motifs is 2. The lowest BCUT2D eigenvalue weighted by Crippen LogP contribution is -2.54. The molecule has 1 aliphatic carbocycles. The maximum atomic E-state index is 13.3. The number of benzene rings is 4. The van der Waals surface area contributed by atoms with E-state index in [0.29, 0.717) is 17.1 Å². The highest BCUT2D eigenvalue weighted by Gasteiger charge is 2.48. The topological polar surface area (TPSA) is 118 Å². The van der Waals surface area contributed by atoms with Gasteiger partial charge in [-0.25, -0.2) is 0 Å². The van der Waals surface area contributed by atoms with Gasteiger partial charge in [-0.15, -0.1) is 0 Å². The zero-order chi connectivity index (χ0) is 40.1. The van der Waals surface area contributed by atoms with Crippen molar-refractivity contribution in [2.45, 2.75) is 77.0 Å². The molecule has 1 atom stereocenters. The first-order chi connectivity index (χ1) is 28.1. The molecule has 0 radical (unpaired) electrons. The molecule has 1 N–H and O–H groups in total. The molecular weight excluding hydrogens is 733 g/mol. The average molecular weight is 785 g/mol. The van der Waals surface area contributed by atoms with Gasteiger partial charge in [0.05, 0.1) is 37.0 Å². The standard InChI is InChI=1S/C47H52N4O7/c1-29-20-31-6-4-5-7-35(31)37(21-29)32-22-41(56-2)39(42(23-32)57-3)28-49-16-12-30(13-17-49)27-50-18-14-47(15-19-50)25-34(26-47)58-33-8-9-36-38(24-33)46(55)51(45(36)54)40-10-11-43(52)48-44(40)53/h4-9,20-24,30,34,40H,10-19,25-28H2,1-3H3,(H,48,52,53). The summed E-state index contributed by atoms with van der Waals surface area (Å²) in [4.78, 5) is 56.6. The lowest BCUT2D eigenvalue weighted by molar-refractivity contribution is -0.136. The number of ether oxygens (including phenoxy) is 3. The molecule has 11 nitrogen and oxygen atoms in total. The fourth-order valence-corrected chi connectivity index (χ4v) is 10.2. The number of rotatable bonds is 10. The van der Waals surface area contributed by atoms with Crippen LogP contribution in [-0.2, 0) is 16.1 Å². The monoisotopic (exact) mass is 784 g/mol. The number of piperidine rings is 3. The first kappa shape index (κ1) is 38.3. The Morgan fingerprint density at radius 3 is 2.17 bits per heavy atom. The summed E-state index contributed by atoms with van der Waals surface area (Å²) >= 11 is 0. The Morgan fingerprint density at radius 1 is 0.759 bits per heavy atom. The summed E-state index contributed by atoms with van der Waals surface area (Å²) < 4.78 is 18.4. The highest BCUT2D eigenvalue weighted by Crippen LogP contribution is 2.51. The number of aryl methyl sites for hydroxylation is 1. The summed E-state index contributed by atoms with van der Waals surface area (Å²) in [6, 6.07) is 21.4. The third-order valence-corrected chi connectivity index (χ3v) is 13.5. The average Bonchev–Trinajstić information content (AvgIpc) is 3.46. The Balaban J connectivity index is 0.747. The molecule has 0 aromatic heterocycles. The van der Waals surface area contributed by atoms with E-state index in [4.69, 9.17) is 14.2 Å². The van der Waals surface area contributed by atoms with E-state index in [0.717, 1.165) is 92.5 Å². The van der Waals surface area contributed by atoms with Gasteiger partial charge in [-0.1, -0.05) is 36.4 Å². The van der Waals surface area contributed by atoms with E-state index in [2.05, 4.69) is 70.6 Å². The van der Waals surface area contributed by atoms with Gasteiger partial charge < -0.3 is 19.1 Å². The molecule has 1 spiro atoms. The quantitative estimate of drug-likeness (QED) is 0.174. The molecule has 11 heteroatoms. The first-order valence-electron chi connectivity index (χ1n) is 20.8. The molecule has 4 amide bonds. The van der Waals surface area contributed by atoms with Gasteiger partial charge in [0, 0.05) is 19.5 Å². The van der Waals surface area contributed by atoms with Crippen LogP contribution in [0.5, 0.6) is 17.2 Å². The van der Waals surface area contributed by atoms with Crippen molar-refractivity contribution in [3.05, 3.63) is 89.0 Å². The zero-order valence-corrected chi connectivity index (χ0v) is 33.7. The third kappa shape index (κ3) is 7.23. The highest BCUT2D eigenvalue weighted by atomic mass is 16.5. The molecule has 1 unspecified atom stereocenters. The van der Waals surface area contributed by atoms with Crippen LogP contribution < -0.4 is 19.5 Å². The first-order valence-corrected chi connectivity index (χ1v) is 20.8. The van der Waals surface area contributed by atoms with Crippen molar-refractivity contribution in [2.75, 3.05) is 46.9 Å². The number of methoxy groups -OCH3 is 2. The van der Waals surface area contributed by atoms with Gasteiger partial charge in [0.2, 0.25) is 11.8 Å². The number of hydrogen-bond donors (Lipinski definition) is 1. The van der Waals surface area contributed by atoms with Crippen LogP contribution in [-0.4, -0.2) is 97.4 Å². The Kier molecular flexibility index (Phi) is 10.2. The summed E-state index contributed by atoms with van der Waals surface area (Å²) in [5, 5.41) is 4.69. The number of nitrogens with zero attached hydrogens (tertiary/aromatic N) is 3. The molecule has 9 rings (SSSR count). The van der Waals surface area contributed by atoms with E-state index in [1.165, 1.54) is 34.7 Å². The number of likely N-dealkylation sites (tertiary alicyclic amines) is 2. The SMILES string of the molecule is COc1cc(-c2cc(C)cc3ccccc23)cc(OC)c1CN1CCC(CN2CCC3(CC2)CC(Oc2ccc4c(c2)C(=O)N(C2CCC(=O)NC2=O)C4=O)C3)CC1. The number of hydrogen-bond acceptors (Lipinski definition) is 9. The molecule has 1 saturated carbocycles. The normalized spacial score (nSPS) is 21.6. The Hall–Kier alpha value is -5.26. The minimum absolute atomic E-state index is 0.0724. The Labute approximate surface area is 339 Å². The van der Waals surface area contributed by atoms with E-state index < -0.39 is 23.8 Å². The van der Waals surface area contributed by atoms with Crippen LogP contribution in [0.1, 0.15) is 83.2 Å². The van der Waals surface area contributed by atoms with Crippen molar-refractivity contribution >= 4 is 34.4 Å². The van der Waals surface area contributed by atoms with Crippen molar-refractivity contribution < 1.29 is 33.4 Å². The summed E-state index contributed by atoms with van der Waals surface area (Å²) in [6.07, 6.45) is 6.96. The summed E-state index contributed by atoms with van der Waals surface area (Å²) in [7, 11) is 3.51. The van der Waals surface area contributed by atoms with Crippen LogP contribution >= 0.6 is 0 Å². The molecule has 5 aliphatic rings. The molecule has 4 aliphatic heterocycles. The highest BCUT2D eigenvalue weighted by molar-refractivity contribution is 6.23. The second kappa shape index (κ2) is 15.5. The van der Waals surface area contributed by atoms with Crippen LogP contribution in [0.15, 0.2) is 66.7 Å². The summed E-state index contributed by atoms with van der Waals surface area (Å²) in [5.74, 6) is 0.970.